The maximum Gasteiger partial charge on any atom is 0.224 e. The van der Waals surface area contributed by atoms with Gasteiger partial charge in [-0.05, 0) is 37.4 Å². The van der Waals surface area contributed by atoms with Crippen LogP contribution in [0.2, 0.25) is 5.28 Å². The maximum absolute atomic E-state index is 5.78. The number of rotatable bonds is 4. The van der Waals surface area contributed by atoms with Gasteiger partial charge in [-0.1, -0.05) is 13.8 Å². The molecule has 4 heteroatoms. The van der Waals surface area contributed by atoms with Gasteiger partial charge in [0.2, 0.25) is 5.28 Å². The van der Waals surface area contributed by atoms with Gasteiger partial charge in [0.05, 0.1) is 0 Å². The molecule has 0 aliphatic rings. The van der Waals surface area contributed by atoms with E-state index in [9.17, 15) is 0 Å². The Kier molecular flexibility index (Phi) is 4.33. The largest absolute Gasteiger partial charge is 0.354 e. The molecule has 3 nitrogen and oxygen atoms in total. The summed E-state index contributed by atoms with van der Waals surface area (Å²) < 4.78 is 0. The van der Waals surface area contributed by atoms with Crippen LogP contribution in [0.5, 0.6) is 0 Å². The van der Waals surface area contributed by atoms with Crippen molar-refractivity contribution in [2.24, 2.45) is 5.92 Å². The predicted molar refractivity (Wildman–Crippen MR) is 64.4 cm³/mol. The summed E-state index contributed by atoms with van der Waals surface area (Å²) in [6, 6.07) is 2.31. The van der Waals surface area contributed by atoms with Crippen molar-refractivity contribution in [3.63, 3.8) is 0 Å². The molecule has 0 amide bonds. The lowest BCUT2D eigenvalue weighted by Crippen LogP contribution is -2.34. The van der Waals surface area contributed by atoms with E-state index in [2.05, 4.69) is 42.6 Å². The van der Waals surface area contributed by atoms with Crippen LogP contribution >= 0.6 is 11.6 Å². The molecule has 0 radical (unpaired) electrons. The van der Waals surface area contributed by atoms with E-state index in [-0.39, 0.29) is 0 Å². The highest BCUT2D eigenvalue weighted by Gasteiger charge is 2.13. The lowest BCUT2D eigenvalue weighted by molar-refractivity contribution is 0.565. The molecule has 0 saturated heterocycles. The molecule has 0 fully saturated rings. The number of halogens is 1. The average Bonchev–Trinajstić information content (AvgIpc) is 2.13. The first-order valence-electron chi connectivity index (χ1n) is 5.26. The highest BCUT2D eigenvalue weighted by atomic mass is 35.5. The van der Waals surface area contributed by atoms with Gasteiger partial charge in [-0.2, -0.15) is 0 Å². The molecule has 0 saturated carbocycles. The minimum absolute atomic E-state index is 0.307. The lowest BCUT2D eigenvalue weighted by Gasteiger charge is -2.29. The molecule has 0 aliphatic carbocycles. The fourth-order valence-corrected chi connectivity index (χ4v) is 1.59. The summed E-state index contributed by atoms with van der Waals surface area (Å²) in [7, 11) is 0. The van der Waals surface area contributed by atoms with Crippen LogP contribution in [-0.2, 0) is 0 Å². The van der Waals surface area contributed by atoms with Crippen molar-refractivity contribution in [2.45, 2.75) is 33.7 Å². The fourth-order valence-electron chi connectivity index (χ4n) is 1.45. The second-order valence-corrected chi connectivity index (χ2v) is 4.66. The SMILES string of the molecule is CC(C)CN(c1ccnc(Cl)n1)C(C)C. The molecule has 0 bridgehead atoms. The van der Waals surface area contributed by atoms with Gasteiger partial charge in [0.25, 0.3) is 0 Å². The highest BCUT2D eigenvalue weighted by molar-refractivity contribution is 6.28. The van der Waals surface area contributed by atoms with Crippen LogP contribution in [0.15, 0.2) is 12.3 Å². The summed E-state index contributed by atoms with van der Waals surface area (Å²) in [6.45, 7) is 9.66. The third-order valence-electron chi connectivity index (χ3n) is 2.09. The molecule has 1 aromatic rings. The molecular weight excluding hydrogens is 210 g/mol. The molecular formula is C11H18ClN3. The predicted octanol–water partition coefficient (Wildman–Crippen LogP) is 3.00. The van der Waals surface area contributed by atoms with E-state index < -0.39 is 0 Å². The zero-order chi connectivity index (χ0) is 11.4. The van der Waals surface area contributed by atoms with Gasteiger partial charge in [0.15, 0.2) is 0 Å². The lowest BCUT2D eigenvalue weighted by atomic mass is 10.2. The van der Waals surface area contributed by atoms with Crippen LogP contribution in [0.25, 0.3) is 0 Å². The first-order chi connectivity index (χ1) is 7.00. The third kappa shape index (κ3) is 3.67. The minimum Gasteiger partial charge on any atom is -0.354 e. The summed E-state index contributed by atoms with van der Waals surface area (Å²) in [4.78, 5) is 10.4. The van der Waals surface area contributed by atoms with Gasteiger partial charge in [-0.3, -0.25) is 0 Å². The summed E-state index contributed by atoms with van der Waals surface area (Å²) in [6.07, 6.45) is 1.69. The molecule has 1 heterocycles. The van der Waals surface area contributed by atoms with Gasteiger partial charge in [-0.15, -0.1) is 0 Å². The highest BCUT2D eigenvalue weighted by Crippen LogP contribution is 2.16. The summed E-state index contributed by atoms with van der Waals surface area (Å²) in [5.41, 5.74) is 0. The zero-order valence-electron chi connectivity index (χ0n) is 9.74. The topological polar surface area (TPSA) is 29.0 Å². The monoisotopic (exact) mass is 227 g/mol. The van der Waals surface area contributed by atoms with E-state index in [0.717, 1.165) is 12.4 Å². The van der Waals surface area contributed by atoms with Gasteiger partial charge < -0.3 is 4.90 Å². The molecule has 0 unspecified atom stereocenters. The Balaban J connectivity index is 2.88. The van der Waals surface area contributed by atoms with Crippen LogP contribution in [0, 0.1) is 5.92 Å². The zero-order valence-corrected chi connectivity index (χ0v) is 10.5. The van der Waals surface area contributed by atoms with Gasteiger partial charge in [-0.25, -0.2) is 9.97 Å². The Labute approximate surface area is 96.5 Å². The molecule has 0 aromatic carbocycles. The molecule has 0 aliphatic heterocycles. The van der Waals surface area contributed by atoms with Crippen molar-refractivity contribution in [3.8, 4) is 0 Å². The fraction of sp³-hybridized carbons (Fsp3) is 0.636. The minimum atomic E-state index is 0.307. The summed E-state index contributed by atoms with van der Waals surface area (Å²) >= 11 is 5.78. The maximum atomic E-state index is 5.78. The average molecular weight is 228 g/mol. The van der Waals surface area contributed by atoms with E-state index >= 15 is 0 Å². The standard InChI is InChI=1S/C11H18ClN3/c1-8(2)7-15(9(3)4)10-5-6-13-11(12)14-10/h5-6,8-9H,7H2,1-4H3. The number of nitrogens with zero attached hydrogens (tertiary/aromatic N) is 3. The van der Waals surface area contributed by atoms with E-state index in [4.69, 9.17) is 11.6 Å². The van der Waals surface area contributed by atoms with Crippen molar-refractivity contribution in [2.75, 3.05) is 11.4 Å². The first-order valence-corrected chi connectivity index (χ1v) is 5.63. The number of aromatic nitrogens is 2. The molecule has 0 spiro atoms. The van der Waals surface area contributed by atoms with Gasteiger partial charge in [0, 0.05) is 18.8 Å². The van der Waals surface area contributed by atoms with Crippen molar-refractivity contribution in [1.82, 2.24) is 9.97 Å². The smallest absolute Gasteiger partial charge is 0.224 e. The normalized spacial score (nSPS) is 11.1. The Morgan fingerprint density at radius 3 is 2.47 bits per heavy atom. The molecule has 15 heavy (non-hydrogen) atoms. The summed E-state index contributed by atoms with van der Waals surface area (Å²) in [5.74, 6) is 1.50. The number of hydrogen-bond donors (Lipinski definition) is 0. The Morgan fingerprint density at radius 2 is 2.00 bits per heavy atom. The van der Waals surface area contributed by atoms with Crippen LogP contribution < -0.4 is 4.90 Å². The van der Waals surface area contributed by atoms with E-state index in [1.54, 1.807) is 6.20 Å². The third-order valence-corrected chi connectivity index (χ3v) is 2.27. The van der Waals surface area contributed by atoms with E-state index in [1.165, 1.54) is 0 Å². The van der Waals surface area contributed by atoms with Crippen molar-refractivity contribution in [1.29, 1.82) is 0 Å². The van der Waals surface area contributed by atoms with Crippen molar-refractivity contribution >= 4 is 17.4 Å². The van der Waals surface area contributed by atoms with Crippen LogP contribution in [0.4, 0.5) is 5.82 Å². The Bertz CT molecular complexity index is 312. The van der Waals surface area contributed by atoms with Crippen molar-refractivity contribution < 1.29 is 0 Å². The van der Waals surface area contributed by atoms with Gasteiger partial charge in [0.1, 0.15) is 5.82 Å². The number of hydrogen-bond acceptors (Lipinski definition) is 3. The quantitative estimate of drug-likeness (QED) is 0.741. The van der Waals surface area contributed by atoms with E-state index in [0.29, 0.717) is 17.2 Å². The van der Waals surface area contributed by atoms with Gasteiger partial charge >= 0.3 is 0 Å². The Hall–Kier alpha value is -0.830. The molecule has 0 N–H and O–H groups in total. The van der Waals surface area contributed by atoms with Crippen LogP contribution in [0.3, 0.4) is 0 Å². The summed E-state index contributed by atoms with van der Waals surface area (Å²) in [5, 5.41) is 0.307. The van der Waals surface area contributed by atoms with Crippen LogP contribution in [-0.4, -0.2) is 22.6 Å². The second-order valence-electron chi connectivity index (χ2n) is 4.32. The first kappa shape index (κ1) is 12.2. The Morgan fingerprint density at radius 1 is 1.33 bits per heavy atom. The molecule has 1 aromatic heterocycles. The molecule has 1 rings (SSSR count). The number of anilines is 1. The molecule has 84 valence electrons. The second kappa shape index (κ2) is 5.31. The van der Waals surface area contributed by atoms with Crippen molar-refractivity contribution in [3.05, 3.63) is 17.5 Å². The van der Waals surface area contributed by atoms with Crippen LogP contribution in [0.1, 0.15) is 27.7 Å². The van der Waals surface area contributed by atoms with E-state index in [1.807, 2.05) is 6.07 Å². The molecule has 0 atom stereocenters.